The van der Waals surface area contributed by atoms with E-state index in [0.29, 0.717) is 11.6 Å². The van der Waals surface area contributed by atoms with Crippen LogP contribution in [0.3, 0.4) is 0 Å². The Morgan fingerprint density at radius 2 is 1.95 bits per heavy atom. The van der Waals surface area contributed by atoms with Gasteiger partial charge in [0.2, 0.25) is 0 Å². The number of benzene rings is 1. The van der Waals surface area contributed by atoms with E-state index in [1.165, 1.54) is 11.3 Å². The van der Waals surface area contributed by atoms with Crippen LogP contribution >= 0.6 is 11.3 Å². The van der Waals surface area contributed by atoms with Gasteiger partial charge in [0.25, 0.3) is 5.91 Å². The summed E-state index contributed by atoms with van der Waals surface area (Å²) in [7, 11) is 0. The van der Waals surface area contributed by atoms with Crippen molar-refractivity contribution in [1.82, 2.24) is 15.3 Å². The molecule has 0 unspecified atom stereocenters. The molecule has 0 fully saturated rings. The summed E-state index contributed by atoms with van der Waals surface area (Å²) in [5.41, 5.74) is 3.05. The van der Waals surface area contributed by atoms with Gasteiger partial charge in [0.1, 0.15) is 0 Å². The molecule has 0 aliphatic heterocycles. The molecule has 2 aromatic heterocycles. The van der Waals surface area contributed by atoms with E-state index in [-0.39, 0.29) is 5.91 Å². The molecule has 5 heteroatoms. The quantitative estimate of drug-likeness (QED) is 0.803. The molecule has 0 saturated heterocycles. The highest BCUT2D eigenvalue weighted by atomic mass is 32.1. The van der Waals surface area contributed by atoms with Gasteiger partial charge in [0.15, 0.2) is 5.01 Å². The predicted molar refractivity (Wildman–Crippen MR) is 87.7 cm³/mol. The van der Waals surface area contributed by atoms with E-state index in [4.69, 9.17) is 0 Å². The number of nitrogens with zero attached hydrogens (tertiary/aromatic N) is 2. The largest absolute Gasteiger partial charge is 0.346 e. The molecule has 0 saturated carbocycles. The fourth-order valence-corrected chi connectivity index (χ4v) is 2.73. The van der Waals surface area contributed by atoms with Crippen LogP contribution in [0.1, 0.15) is 20.2 Å². The Bertz CT molecular complexity index is 766. The van der Waals surface area contributed by atoms with Crippen molar-refractivity contribution in [3.63, 3.8) is 0 Å². The number of nitrogens with one attached hydrogen (secondary N) is 1. The monoisotopic (exact) mass is 309 g/mol. The SMILES string of the molecule is Cc1cnc(C(=O)NCc2ccc(-c3ccccn3)cc2)s1. The summed E-state index contributed by atoms with van der Waals surface area (Å²) in [4.78, 5) is 21.4. The molecule has 0 aliphatic carbocycles. The van der Waals surface area contributed by atoms with Crippen molar-refractivity contribution in [2.45, 2.75) is 13.5 Å². The molecule has 4 nitrogen and oxygen atoms in total. The Balaban J connectivity index is 1.63. The molecule has 2 heterocycles. The van der Waals surface area contributed by atoms with Gasteiger partial charge in [-0.3, -0.25) is 9.78 Å². The Labute approximate surface area is 132 Å². The zero-order valence-corrected chi connectivity index (χ0v) is 12.9. The summed E-state index contributed by atoms with van der Waals surface area (Å²) in [6.45, 7) is 2.42. The van der Waals surface area contributed by atoms with Crippen molar-refractivity contribution in [1.29, 1.82) is 0 Å². The van der Waals surface area contributed by atoms with Gasteiger partial charge in [-0.2, -0.15) is 0 Å². The number of carbonyl (C=O) groups is 1. The van der Waals surface area contributed by atoms with Crippen molar-refractivity contribution < 1.29 is 4.79 Å². The van der Waals surface area contributed by atoms with Crippen LogP contribution in [0.2, 0.25) is 0 Å². The molecular formula is C17H15N3OS. The van der Waals surface area contributed by atoms with Gasteiger partial charge < -0.3 is 5.32 Å². The first kappa shape index (κ1) is 14.4. The molecule has 1 amide bonds. The van der Waals surface area contributed by atoms with Crippen molar-refractivity contribution in [2.75, 3.05) is 0 Å². The van der Waals surface area contributed by atoms with Crippen LogP contribution in [-0.2, 0) is 6.54 Å². The van der Waals surface area contributed by atoms with Gasteiger partial charge in [-0.15, -0.1) is 11.3 Å². The van der Waals surface area contributed by atoms with Crippen LogP contribution in [0, 0.1) is 6.92 Å². The lowest BCUT2D eigenvalue weighted by Gasteiger charge is -2.05. The van der Waals surface area contributed by atoms with E-state index >= 15 is 0 Å². The third-order valence-electron chi connectivity index (χ3n) is 3.18. The highest BCUT2D eigenvalue weighted by molar-refractivity contribution is 7.13. The lowest BCUT2D eigenvalue weighted by Crippen LogP contribution is -2.22. The molecule has 0 bridgehead atoms. The fourth-order valence-electron chi connectivity index (χ4n) is 2.04. The average molecular weight is 309 g/mol. The van der Waals surface area contributed by atoms with Crippen LogP contribution in [0.15, 0.2) is 54.9 Å². The number of hydrogen-bond donors (Lipinski definition) is 1. The number of pyridine rings is 1. The maximum atomic E-state index is 11.9. The maximum absolute atomic E-state index is 11.9. The van der Waals surface area contributed by atoms with Crippen LogP contribution in [0.25, 0.3) is 11.3 Å². The Morgan fingerprint density at radius 1 is 1.14 bits per heavy atom. The zero-order valence-electron chi connectivity index (χ0n) is 12.1. The van der Waals surface area contributed by atoms with Crippen molar-refractivity contribution in [3.8, 4) is 11.3 Å². The minimum absolute atomic E-state index is 0.132. The van der Waals surface area contributed by atoms with Crippen LogP contribution in [0.4, 0.5) is 0 Å². The van der Waals surface area contributed by atoms with E-state index in [1.807, 2.05) is 49.4 Å². The van der Waals surface area contributed by atoms with Crippen LogP contribution < -0.4 is 5.32 Å². The smallest absolute Gasteiger partial charge is 0.280 e. The normalized spacial score (nSPS) is 10.4. The third kappa shape index (κ3) is 3.38. The Kier molecular flexibility index (Phi) is 4.25. The molecule has 3 rings (SSSR count). The summed E-state index contributed by atoms with van der Waals surface area (Å²) >= 11 is 1.40. The second-order valence-corrected chi connectivity index (χ2v) is 6.11. The molecule has 1 N–H and O–H groups in total. The number of aromatic nitrogens is 2. The molecule has 0 spiro atoms. The third-order valence-corrected chi connectivity index (χ3v) is 4.09. The molecule has 0 aliphatic rings. The second-order valence-electron chi connectivity index (χ2n) is 4.87. The number of hydrogen-bond acceptors (Lipinski definition) is 4. The summed E-state index contributed by atoms with van der Waals surface area (Å²) in [6, 6.07) is 13.9. The molecule has 110 valence electrons. The molecule has 22 heavy (non-hydrogen) atoms. The van der Waals surface area contributed by atoms with E-state index in [1.54, 1.807) is 12.4 Å². The maximum Gasteiger partial charge on any atom is 0.280 e. The molecule has 0 atom stereocenters. The van der Waals surface area contributed by atoms with Gasteiger partial charge >= 0.3 is 0 Å². The lowest BCUT2D eigenvalue weighted by atomic mass is 10.1. The topological polar surface area (TPSA) is 54.9 Å². The van der Waals surface area contributed by atoms with Crippen molar-refractivity contribution in [2.24, 2.45) is 0 Å². The van der Waals surface area contributed by atoms with E-state index in [2.05, 4.69) is 15.3 Å². The predicted octanol–water partition coefficient (Wildman–Crippen LogP) is 3.44. The number of thiazole rings is 1. The van der Waals surface area contributed by atoms with Gasteiger partial charge in [0.05, 0.1) is 5.69 Å². The first-order chi connectivity index (χ1) is 10.7. The first-order valence-corrected chi connectivity index (χ1v) is 7.75. The molecule has 0 radical (unpaired) electrons. The lowest BCUT2D eigenvalue weighted by molar-refractivity contribution is 0.0950. The van der Waals surface area contributed by atoms with E-state index in [0.717, 1.165) is 21.7 Å². The summed E-state index contributed by atoms with van der Waals surface area (Å²) < 4.78 is 0. The molecule has 1 aromatic carbocycles. The summed E-state index contributed by atoms with van der Waals surface area (Å²) in [5, 5.41) is 3.38. The zero-order chi connectivity index (χ0) is 15.4. The standard InChI is InChI=1S/C17H15N3OS/c1-12-10-20-17(22-12)16(21)19-11-13-5-7-14(8-6-13)15-4-2-3-9-18-15/h2-10H,11H2,1H3,(H,19,21). The van der Waals surface area contributed by atoms with E-state index < -0.39 is 0 Å². The van der Waals surface area contributed by atoms with E-state index in [9.17, 15) is 4.79 Å². The van der Waals surface area contributed by atoms with Gasteiger partial charge in [-0.25, -0.2) is 4.98 Å². The second kappa shape index (κ2) is 6.49. The number of carbonyl (C=O) groups excluding carboxylic acids is 1. The molecule has 3 aromatic rings. The highest BCUT2D eigenvalue weighted by Gasteiger charge is 2.09. The van der Waals surface area contributed by atoms with Crippen LogP contribution in [0.5, 0.6) is 0 Å². The Hall–Kier alpha value is -2.53. The number of rotatable bonds is 4. The Morgan fingerprint density at radius 3 is 2.59 bits per heavy atom. The minimum Gasteiger partial charge on any atom is -0.346 e. The highest BCUT2D eigenvalue weighted by Crippen LogP contribution is 2.17. The minimum atomic E-state index is -0.132. The average Bonchev–Trinajstić information content (AvgIpc) is 3.00. The van der Waals surface area contributed by atoms with Crippen molar-refractivity contribution >= 4 is 17.2 Å². The van der Waals surface area contributed by atoms with Gasteiger partial charge in [0, 0.05) is 29.4 Å². The number of aryl methyl sites for hydroxylation is 1. The fraction of sp³-hybridized carbons (Fsp3) is 0.118. The number of amides is 1. The van der Waals surface area contributed by atoms with Crippen molar-refractivity contribution in [3.05, 3.63) is 70.3 Å². The van der Waals surface area contributed by atoms with Gasteiger partial charge in [-0.1, -0.05) is 30.3 Å². The van der Waals surface area contributed by atoms with Gasteiger partial charge in [-0.05, 0) is 24.6 Å². The summed E-state index contributed by atoms with van der Waals surface area (Å²) in [5.74, 6) is -0.132. The summed E-state index contributed by atoms with van der Waals surface area (Å²) in [6.07, 6.45) is 3.49. The first-order valence-electron chi connectivity index (χ1n) is 6.93. The molecular weight excluding hydrogens is 294 g/mol. The van der Waals surface area contributed by atoms with Crippen LogP contribution in [-0.4, -0.2) is 15.9 Å².